The molecule has 5 rings (SSSR count). The Bertz CT molecular complexity index is 1060. The molecule has 2 saturated heterocycles. The van der Waals surface area contributed by atoms with Gasteiger partial charge in [-0.25, -0.2) is 4.79 Å². The largest absolute Gasteiger partial charge is 0.396 e. The highest BCUT2D eigenvalue weighted by Gasteiger charge is 2.50. The van der Waals surface area contributed by atoms with Gasteiger partial charge >= 0.3 is 6.03 Å². The second-order valence-electron chi connectivity index (χ2n) is 10.8. The summed E-state index contributed by atoms with van der Waals surface area (Å²) in [5, 5.41) is 15.0. The van der Waals surface area contributed by atoms with Crippen LogP contribution >= 0.6 is 0 Å². The minimum Gasteiger partial charge on any atom is -0.396 e. The maximum Gasteiger partial charge on any atom is 0.315 e. The van der Waals surface area contributed by atoms with Crippen LogP contribution in [0.1, 0.15) is 37.5 Å². The average molecular weight is 517 g/mol. The summed E-state index contributed by atoms with van der Waals surface area (Å²) in [7, 11) is 0. The highest BCUT2D eigenvalue weighted by atomic mass is 16.8. The number of aliphatic hydroxyl groups excluding tert-OH is 1. The molecule has 6 heteroatoms. The van der Waals surface area contributed by atoms with E-state index in [2.05, 4.69) is 47.0 Å². The lowest BCUT2D eigenvalue weighted by Crippen LogP contribution is -2.47. The number of rotatable bonds is 7. The highest BCUT2D eigenvalue weighted by molar-refractivity contribution is 5.75. The minimum atomic E-state index is -0.678. The monoisotopic (exact) mass is 516 g/mol. The fraction of sp³-hybridized carbons (Fsp3) is 0.406. The SMILES string of the molecule is CC1(C)O[C@@H]2[C@@H](O1)[C@@H](Cc1ccccc1)NC(=O)N[C@@H]2Cc1ccccc1.C[C@@H](CO)Cc1ccccc1. The number of amides is 2. The van der Waals surface area contributed by atoms with Crippen molar-refractivity contribution in [3.05, 3.63) is 108 Å². The summed E-state index contributed by atoms with van der Waals surface area (Å²) in [5.41, 5.74) is 3.63. The van der Waals surface area contributed by atoms with Gasteiger partial charge in [0.05, 0.1) is 12.1 Å². The Kier molecular flexibility index (Phi) is 9.56. The average Bonchev–Trinajstić information content (AvgIpc) is 3.20. The normalized spacial score (nSPS) is 24.6. The maximum atomic E-state index is 12.5. The van der Waals surface area contributed by atoms with Gasteiger partial charge in [-0.1, -0.05) is 97.9 Å². The van der Waals surface area contributed by atoms with Crippen LogP contribution in [0, 0.1) is 5.92 Å². The number of carbonyl (C=O) groups is 1. The first-order chi connectivity index (χ1) is 18.3. The van der Waals surface area contributed by atoms with Crippen molar-refractivity contribution in [3.63, 3.8) is 0 Å². The fourth-order valence-corrected chi connectivity index (χ4v) is 5.13. The zero-order valence-corrected chi connectivity index (χ0v) is 22.5. The van der Waals surface area contributed by atoms with E-state index in [1.807, 2.05) is 75.4 Å². The molecule has 6 nitrogen and oxygen atoms in total. The van der Waals surface area contributed by atoms with Crippen LogP contribution in [0.25, 0.3) is 0 Å². The van der Waals surface area contributed by atoms with Gasteiger partial charge in [-0.2, -0.15) is 0 Å². The van der Waals surface area contributed by atoms with Gasteiger partial charge in [0.15, 0.2) is 5.79 Å². The van der Waals surface area contributed by atoms with Gasteiger partial charge in [-0.3, -0.25) is 0 Å². The Hall–Kier alpha value is -3.19. The third-order valence-corrected chi connectivity index (χ3v) is 6.93. The second kappa shape index (κ2) is 13.1. The molecule has 2 heterocycles. The van der Waals surface area contributed by atoms with Crippen molar-refractivity contribution in [2.45, 2.75) is 70.1 Å². The van der Waals surface area contributed by atoms with E-state index in [1.54, 1.807) is 0 Å². The third kappa shape index (κ3) is 7.90. The Morgan fingerprint density at radius 1 is 0.737 bits per heavy atom. The lowest BCUT2D eigenvalue weighted by atomic mass is 9.92. The van der Waals surface area contributed by atoms with Crippen LogP contribution in [-0.2, 0) is 28.7 Å². The number of hydrogen-bond donors (Lipinski definition) is 3. The molecule has 202 valence electrons. The van der Waals surface area contributed by atoms with Crippen LogP contribution in [0.3, 0.4) is 0 Å². The number of carbonyl (C=O) groups excluding carboxylic acids is 1. The molecule has 2 amide bonds. The van der Waals surface area contributed by atoms with Gasteiger partial charge in [-0.05, 0) is 55.7 Å². The zero-order chi connectivity index (χ0) is 27.0. The number of nitrogens with one attached hydrogen (secondary N) is 2. The van der Waals surface area contributed by atoms with Gasteiger partial charge < -0.3 is 25.2 Å². The highest BCUT2D eigenvalue weighted by Crippen LogP contribution is 2.34. The first-order valence-electron chi connectivity index (χ1n) is 13.5. The molecule has 2 fully saturated rings. The zero-order valence-electron chi connectivity index (χ0n) is 22.5. The summed E-state index contributed by atoms with van der Waals surface area (Å²) in [6.07, 6.45) is 1.94. The molecule has 5 atom stereocenters. The van der Waals surface area contributed by atoms with Crippen LogP contribution in [0.4, 0.5) is 4.79 Å². The summed E-state index contributed by atoms with van der Waals surface area (Å²) in [5.74, 6) is -0.305. The van der Waals surface area contributed by atoms with E-state index in [0.717, 1.165) is 17.5 Å². The Balaban J connectivity index is 0.000000257. The predicted octanol–water partition coefficient (Wildman–Crippen LogP) is 4.90. The topological polar surface area (TPSA) is 79.8 Å². The first kappa shape index (κ1) is 27.8. The number of aliphatic hydroxyl groups is 1. The van der Waals surface area contributed by atoms with Gasteiger partial charge in [0.1, 0.15) is 12.2 Å². The van der Waals surface area contributed by atoms with Crippen molar-refractivity contribution in [1.29, 1.82) is 0 Å². The van der Waals surface area contributed by atoms with Crippen molar-refractivity contribution in [3.8, 4) is 0 Å². The quantitative estimate of drug-likeness (QED) is 0.417. The molecule has 0 saturated carbocycles. The van der Waals surface area contributed by atoms with E-state index in [1.165, 1.54) is 5.56 Å². The van der Waals surface area contributed by atoms with Crippen LogP contribution in [0.5, 0.6) is 0 Å². The van der Waals surface area contributed by atoms with E-state index in [4.69, 9.17) is 14.6 Å². The predicted molar refractivity (Wildman–Crippen MR) is 150 cm³/mol. The Morgan fingerprint density at radius 3 is 1.53 bits per heavy atom. The summed E-state index contributed by atoms with van der Waals surface area (Å²) in [6, 6.07) is 30.1. The molecule has 0 aliphatic carbocycles. The van der Waals surface area contributed by atoms with E-state index >= 15 is 0 Å². The number of urea groups is 1. The lowest BCUT2D eigenvalue weighted by molar-refractivity contribution is -0.150. The molecule has 0 unspecified atom stereocenters. The van der Waals surface area contributed by atoms with Gasteiger partial charge in [0, 0.05) is 6.61 Å². The van der Waals surface area contributed by atoms with Crippen LogP contribution in [0.2, 0.25) is 0 Å². The van der Waals surface area contributed by atoms with Crippen molar-refractivity contribution < 1.29 is 19.4 Å². The molecule has 3 aromatic carbocycles. The van der Waals surface area contributed by atoms with E-state index in [9.17, 15) is 4.79 Å². The molecule has 0 bridgehead atoms. The van der Waals surface area contributed by atoms with Crippen molar-refractivity contribution in [2.24, 2.45) is 5.92 Å². The first-order valence-corrected chi connectivity index (χ1v) is 13.5. The summed E-state index contributed by atoms with van der Waals surface area (Å²) in [6.45, 7) is 6.19. The molecule has 2 aliphatic rings. The van der Waals surface area contributed by atoms with Gasteiger partial charge in [0.25, 0.3) is 0 Å². The standard InChI is InChI=1S/C22H26N2O3.C10H14O/c1-22(2)26-19-17(13-15-9-5-3-6-10-15)23-21(25)24-18(20(19)27-22)14-16-11-7-4-8-12-16;1-9(8-11)7-10-5-3-2-4-6-10/h3-12,17-20H,13-14H2,1-2H3,(H2,23,24,25);2-6,9,11H,7-8H2,1H3/t17-,18-,19+,20+;9-/m11/s1. The van der Waals surface area contributed by atoms with Crippen molar-refractivity contribution >= 4 is 6.03 Å². The number of fused-ring (bicyclic) bond motifs is 1. The molecule has 0 radical (unpaired) electrons. The maximum absolute atomic E-state index is 12.5. The number of benzene rings is 3. The van der Waals surface area contributed by atoms with Gasteiger partial charge in [-0.15, -0.1) is 0 Å². The second-order valence-corrected chi connectivity index (χ2v) is 10.8. The van der Waals surface area contributed by atoms with Crippen molar-refractivity contribution in [2.75, 3.05) is 6.61 Å². The molecule has 2 aliphatic heterocycles. The Labute approximate surface area is 226 Å². The summed E-state index contributed by atoms with van der Waals surface area (Å²) < 4.78 is 12.5. The van der Waals surface area contributed by atoms with Gasteiger partial charge in [0.2, 0.25) is 0 Å². The fourth-order valence-electron chi connectivity index (χ4n) is 5.13. The molecular weight excluding hydrogens is 476 g/mol. The minimum absolute atomic E-state index is 0.153. The van der Waals surface area contributed by atoms with Crippen molar-refractivity contribution in [1.82, 2.24) is 10.6 Å². The van der Waals surface area contributed by atoms with E-state index in [-0.39, 0.29) is 36.9 Å². The van der Waals surface area contributed by atoms with Crippen LogP contribution in [-0.4, -0.2) is 47.8 Å². The van der Waals surface area contributed by atoms with Crippen LogP contribution < -0.4 is 10.6 Å². The third-order valence-electron chi connectivity index (χ3n) is 6.93. The molecule has 0 spiro atoms. The Morgan fingerprint density at radius 2 is 1.13 bits per heavy atom. The number of hydrogen-bond acceptors (Lipinski definition) is 4. The molecule has 38 heavy (non-hydrogen) atoms. The lowest BCUT2D eigenvalue weighted by Gasteiger charge is -2.26. The van der Waals surface area contributed by atoms with E-state index in [0.29, 0.717) is 18.8 Å². The smallest absolute Gasteiger partial charge is 0.315 e. The summed E-state index contributed by atoms with van der Waals surface area (Å²) >= 11 is 0. The van der Waals surface area contributed by atoms with E-state index < -0.39 is 5.79 Å². The molecule has 3 aromatic rings. The molecule has 3 N–H and O–H groups in total. The van der Waals surface area contributed by atoms with Crippen LogP contribution in [0.15, 0.2) is 91.0 Å². The number of ether oxygens (including phenoxy) is 2. The summed E-state index contributed by atoms with van der Waals surface area (Å²) in [4.78, 5) is 12.5. The molecular formula is C32H40N2O4. The molecule has 0 aromatic heterocycles.